The number of hydrogen-bond acceptors (Lipinski definition) is 2. The van der Waals surface area contributed by atoms with E-state index in [1.165, 1.54) is 32.1 Å². The maximum atomic E-state index is 11.9. The molecule has 1 saturated carbocycles. The Balaban J connectivity index is 1.74. The number of rotatable bonds is 5. The van der Waals surface area contributed by atoms with Crippen LogP contribution in [0.3, 0.4) is 0 Å². The Bertz CT molecular complexity index is 416. The van der Waals surface area contributed by atoms with Crippen molar-refractivity contribution < 1.29 is 4.79 Å². The van der Waals surface area contributed by atoms with E-state index in [1.807, 2.05) is 42.1 Å². The lowest BCUT2D eigenvalue weighted by Crippen LogP contribution is -2.45. The summed E-state index contributed by atoms with van der Waals surface area (Å²) in [5.74, 6) is 0. The highest BCUT2D eigenvalue weighted by Crippen LogP contribution is 2.37. The van der Waals surface area contributed by atoms with Gasteiger partial charge in [0.25, 0.3) is 0 Å². The molecule has 1 fully saturated rings. The van der Waals surface area contributed by atoms with Crippen LogP contribution in [-0.4, -0.2) is 23.6 Å². The minimum absolute atomic E-state index is 0.0622. The summed E-state index contributed by atoms with van der Waals surface area (Å²) >= 11 is 1.91. The molecule has 110 valence electrons. The van der Waals surface area contributed by atoms with Gasteiger partial charge in [-0.15, -0.1) is 0 Å². The first kappa shape index (κ1) is 15.2. The minimum atomic E-state index is -0.0622. The molecule has 0 aromatic heterocycles. The van der Waals surface area contributed by atoms with Gasteiger partial charge < -0.3 is 10.6 Å². The zero-order valence-corrected chi connectivity index (χ0v) is 13.0. The average molecular weight is 292 g/mol. The standard InChI is InChI=1S/C16H24N2OS/c1-20-16(10-6-3-7-11-16)13-18-15(19)17-12-14-8-4-2-5-9-14/h2,4-5,8-9H,3,6-7,10-13H2,1H3,(H2,17,18,19). The molecule has 0 radical (unpaired) electrons. The maximum absolute atomic E-state index is 11.9. The number of hydrogen-bond donors (Lipinski definition) is 2. The van der Waals surface area contributed by atoms with Crippen LogP contribution in [0, 0.1) is 0 Å². The van der Waals surface area contributed by atoms with Gasteiger partial charge in [0.05, 0.1) is 0 Å². The molecule has 3 nitrogen and oxygen atoms in total. The van der Waals surface area contributed by atoms with E-state index in [-0.39, 0.29) is 10.8 Å². The summed E-state index contributed by atoms with van der Waals surface area (Å²) in [6.07, 6.45) is 8.50. The van der Waals surface area contributed by atoms with E-state index in [0.29, 0.717) is 6.54 Å². The smallest absolute Gasteiger partial charge is 0.315 e. The van der Waals surface area contributed by atoms with Crippen LogP contribution in [0.4, 0.5) is 4.79 Å². The molecular formula is C16H24N2OS. The maximum Gasteiger partial charge on any atom is 0.315 e. The molecule has 1 aromatic rings. The normalized spacial score (nSPS) is 17.4. The van der Waals surface area contributed by atoms with Gasteiger partial charge in [-0.2, -0.15) is 11.8 Å². The van der Waals surface area contributed by atoms with Gasteiger partial charge in [0, 0.05) is 17.8 Å². The zero-order valence-electron chi connectivity index (χ0n) is 12.2. The van der Waals surface area contributed by atoms with Crippen LogP contribution >= 0.6 is 11.8 Å². The summed E-state index contributed by atoms with van der Waals surface area (Å²) in [6.45, 7) is 1.35. The van der Waals surface area contributed by atoms with Gasteiger partial charge in [0.2, 0.25) is 0 Å². The number of amides is 2. The number of benzene rings is 1. The lowest BCUT2D eigenvalue weighted by Gasteiger charge is -2.35. The van der Waals surface area contributed by atoms with Gasteiger partial charge in [-0.25, -0.2) is 4.79 Å². The third-order valence-corrected chi connectivity index (χ3v) is 5.48. The Kier molecular flexibility index (Phi) is 5.77. The van der Waals surface area contributed by atoms with Crippen molar-refractivity contribution >= 4 is 17.8 Å². The number of thioether (sulfide) groups is 1. The molecule has 0 unspecified atom stereocenters. The van der Waals surface area contributed by atoms with E-state index in [1.54, 1.807) is 0 Å². The Morgan fingerprint density at radius 2 is 1.85 bits per heavy atom. The van der Waals surface area contributed by atoms with Crippen LogP contribution in [0.1, 0.15) is 37.7 Å². The highest BCUT2D eigenvalue weighted by Gasteiger charge is 2.31. The van der Waals surface area contributed by atoms with Gasteiger partial charge in [-0.1, -0.05) is 49.6 Å². The first-order valence-corrected chi connectivity index (χ1v) is 8.57. The molecule has 1 aromatic carbocycles. The van der Waals surface area contributed by atoms with Gasteiger partial charge >= 0.3 is 6.03 Å². The van der Waals surface area contributed by atoms with Crippen LogP contribution in [0.5, 0.6) is 0 Å². The Hall–Kier alpha value is -1.16. The summed E-state index contributed by atoms with van der Waals surface area (Å²) in [7, 11) is 0. The Morgan fingerprint density at radius 3 is 2.50 bits per heavy atom. The number of urea groups is 1. The first-order valence-electron chi connectivity index (χ1n) is 7.35. The van der Waals surface area contributed by atoms with Crippen molar-refractivity contribution in [3.05, 3.63) is 35.9 Å². The second-order valence-corrected chi connectivity index (χ2v) is 6.74. The molecule has 1 aliphatic carbocycles. The van der Waals surface area contributed by atoms with Crippen molar-refractivity contribution in [2.75, 3.05) is 12.8 Å². The molecule has 2 N–H and O–H groups in total. The summed E-state index contributed by atoms with van der Waals surface area (Å²) in [5.41, 5.74) is 1.12. The van der Waals surface area contributed by atoms with Gasteiger partial charge in [-0.05, 0) is 24.7 Å². The molecule has 0 bridgehead atoms. The van der Waals surface area contributed by atoms with Crippen LogP contribution in [0.2, 0.25) is 0 Å². The van der Waals surface area contributed by atoms with Gasteiger partial charge in [0.1, 0.15) is 0 Å². The summed E-state index contributed by atoms with van der Waals surface area (Å²) in [6, 6.07) is 9.93. The number of carbonyl (C=O) groups is 1. The molecule has 2 amide bonds. The quantitative estimate of drug-likeness (QED) is 0.871. The number of carbonyl (C=O) groups excluding carboxylic acids is 1. The Labute approximate surface area is 125 Å². The van der Waals surface area contributed by atoms with Crippen molar-refractivity contribution in [1.82, 2.24) is 10.6 Å². The van der Waals surface area contributed by atoms with E-state index in [2.05, 4.69) is 16.9 Å². The number of nitrogens with one attached hydrogen (secondary N) is 2. The Morgan fingerprint density at radius 1 is 1.15 bits per heavy atom. The average Bonchev–Trinajstić information content (AvgIpc) is 2.53. The molecule has 0 atom stereocenters. The molecule has 2 rings (SSSR count). The molecular weight excluding hydrogens is 268 g/mol. The minimum Gasteiger partial charge on any atom is -0.337 e. The fraction of sp³-hybridized carbons (Fsp3) is 0.562. The van der Waals surface area contributed by atoms with Crippen molar-refractivity contribution in [3.8, 4) is 0 Å². The molecule has 0 saturated heterocycles. The van der Waals surface area contributed by atoms with Crippen LogP contribution in [-0.2, 0) is 6.54 Å². The first-order chi connectivity index (χ1) is 9.74. The largest absolute Gasteiger partial charge is 0.337 e. The van der Waals surface area contributed by atoms with Crippen molar-refractivity contribution in [2.45, 2.75) is 43.4 Å². The highest BCUT2D eigenvalue weighted by atomic mass is 32.2. The second kappa shape index (κ2) is 7.58. The summed E-state index contributed by atoms with van der Waals surface area (Å²) in [4.78, 5) is 11.9. The summed E-state index contributed by atoms with van der Waals surface area (Å²) in [5, 5.41) is 5.96. The van der Waals surface area contributed by atoms with E-state index < -0.39 is 0 Å². The van der Waals surface area contributed by atoms with Crippen molar-refractivity contribution in [3.63, 3.8) is 0 Å². The van der Waals surface area contributed by atoms with E-state index in [4.69, 9.17) is 0 Å². The summed E-state index contributed by atoms with van der Waals surface area (Å²) < 4.78 is 0.252. The van der Waals surface area contributed by atoms with Crippen LogP contribution in [0.25, 0.3) is 0 Å². The third-order valence-electron chi connectivity index (χ3n) is 4.06. The van der Waals surface area contributed by atoms with Gasteiger partial charge in [0.15, 0.2) is 0 Å². The third kappa shape index (κ3) is 4.44. The van der Waals surface area contributed by atoms with Crippen LogP contribution in [0.15, 0.2) is 30.3 Å². The molecule has 0 heterocycles. The monoisotopic (exact) mass is 292 g/mol. The predicted molar refractivity (Wildman–Crippen MR) is 86.0 cm³/mol. The highest BCUT2D eigenvalue weighted by molar-refractivity contribution is 8.00. The SMILES string of the molecule is CSC1(CNC(=O)NCc2ccccc2)CCCCC1. The van der Waals surface area contributed by atoms with E-state index in [9.17, 15) is 4.79 Å². The van der Waals surface area contributed by atoms with Crippen molar-refractivity contribution in [2.24, 2.45) is 0 Å². The molecule has 0 aliphatic heterocycles. The lowest BCUT2D eigenvalue weighted by atomic mass is 9.88. The van der Waals surface area contributed by atoms with Crippen LogP contribution < -0.4 is 10.6 Å². The van der Waals surface area contributed by atoms with E-state index >= 15 is 0 Å². The molecule has 0 spiro atoms. The molecule has 20 heavy (non-hydrogen) atoms. The lowest BCUT2D eigenvalue weighted by molar-refractivity contribution is 0.237. The predicted octanol–water partition coefficient (Wildman–Crippen LogP) is 3.55. The molecule has 1 aliphatic rings. The van der Waals surface area contributed by atoms with E-state index in [0.717, 1.165) is 12.1 Å². The van der Waals surface area contributed by atoms with Gasteiger partial charge in [-0.3, -0.25) is 0 Å². The zero-order chi connectivity index (χ0) is 14.3. The molecule has 4 heteroatoms. The fourth-order valence-corrected chi connectivity index (χ4v) is 3.64. The fourth-order valence-electron chi connectivity index (χ4n) is 2.73. The second-order valence-electron chi connectivity index (χ2n) is 5.47. The topological polar surface area (TPSA) is 41.1 Å². The van der Waals surface area contributed by atoms with Crippen molar-refractivity contribution in [1.29, 1.82) is 0 Å².